The number of aromatic nitrogens is 4. The fourth-order valence-corrected chi connectivity index (χ4v) is 4.49. The third-order valence-corrected chi connectivity index (χ3v) is 6.60. The van der Waals surface area contributed by atoms with Crippen LogP contribution in [0, 0.1) is 11.8 Å². The van der Waals surface area contributed by atoms with Crippen LogP contribution in [0.3, 0.4) is 0 Å². The molecule has 4 rings (SSSR count). The highest BCUT2D eigenvalue weighted by atomic mass is 16.2. The summed E-state index contributed by atoms with van der Waals surface area (Å²) >= 11 is 0. The summed E-state index contributed by atoms with van der Waals surface area (Å²) in [4.78, 5) is 38.0. The molecule has 1 aromatic carbocycles. The largest absolute Gasteiger partial charge is 0.369 e. The molecule has 3 aromatic rings. The lowest BCUT2D eigenvalue weighted by Crippen LogP contribution is -2.45. The Balaban J connectivity index is 1.28. The molecular formula is C30H39N9O2. The van der Waals surface area contributed by atoms with Crippen molar-refractivity contribution in [2.75, 3.05) is 50.9 Å². The van der Waals surface area contributed by atoms with Gasteiger partial charge in [-0.1, -0.05) is 24.8 Å². The molecule has 11 nitrogen and oxygen atoms in total. The van der Waals surface area contributed by atoms with Gasteiger partial charge in [-0.3, -0.25) is 14.7 Å². The van der Waals surface area contributed by atoms with Gasteiger partial charge in [0.15, 0.2) is 0 Å². The number of H-pyrrole nitrogens is 1. The van der Waals surface area contributed by atoms with Crippen molar-refractivity contribution in [1.82, 2.24) is 35.3 Å². The predicted molar refractivity (Wildman–Crippen MR) is 162 cm³/mol. The number of likely N-dealkylation sites (tertiary alicyclic amines) is 1. The van der Waals surface area contributed by atoms with Gasteiger partial charge in [-0.05, 0) is 58.0 Å². The van der Waals surface area contributed by atoms with Crippen molar-refractivity contribution in [2.45, 2.75) is 45.1 Å². The summed E-state index contributed by atoms with van der Waals surface area (Å²) in [5, 5.41) is 17.6. The number of unbranched alkanes of at least 4 members (excludes halogenated alkanes) is 1. The molecule has 1 aliphatic heterocycles. The van der Waals surface area contributed by atoms with Crippen LogP contribution in [0.15, 0.2) is 42.7 Å². The Bertz CT molecular complexity index is 1420. The Morgan fingerprint density at radius 2 is 2.12 bits per heavy atom. The molecule has 1 fully saturated rings. The van der Waals surface area contributed by atoms with Gasteiger partial charge in [0.2, 0.25) is 17.8 Å². The van der Waals surface area contributed by atoms with Crippen LogP contribution in [-0.2, 0) is 9.59 Å². The van der Waals surface area contributed by atoms with E-state index in [1.54, 1.807) is 23.4 Å². The second kappa shape index (κ2) is 14.8. The van der Waals surface area contributed by atoms with E-state index < -0.39 is 6.04 Å². The first-order chi connectivity index (χ1) is 19.9. The minimum absolute atomic E-state index is 0.0979. The lowest BCUT2D eigenvalue weighted by atomic mass is 10.2. The highest BCUT2D eigenvalue weighted by Gasteiger charge is 2.32. The molecule has 1 saturated heterocycles. The maximum absolute atomic E-state index is 12.7. The number of fused-ring (bicyclic) bond motifs is 1. The van der Waals surface area contributed by atoms with Gasteiger partial charge in [-0.25, -0.2) is 4.98 Å². The lowest BCUT2D eigenvalue weighted by molar-refractivity contribution is -0.135. The molecule has 2 aromatic heterocycles. The van der Waals surface area contributed by atoms with Crippen LogP contribution in [0.1, 0.15) is 44.6 Å². The van der Waals surface area contributed by atoms with Crippen molar-refractivity contribution in [1.29, 1.82) is 0 Å². The van der Waals surface area contributed by atoms with E-state index in [9.17, 15) is 9.59 Å². The molecule has 1 atom stereocenters. The molecule has 41 heavy (non-hydrogen) atoms. The molecule has 0 unspecified atom stereocenters. The maximum atomic E-state index is 12.7. The van der Waals surface area contributed by atoms with E-state index >= 15 is 0 Å². The number of likely N-dealkylation sites (N-methyl/N-ethyl adjacent to an activating group) is 1. The minimum atomic E-state index is -0.407. The van der Waals surface area contributed by atoms with E-state index in [1.807, 2.05) is 43.3 Å². The van der Waals surface area contributed by atoms with Crippen LogP contribution < -0.4 is 16.0 Å². The van der Waals surface area contributed by atoms with E-state index in [1.165, 1.54) is 0 Å². The number of carbonyl (C=O) groups is 2. The summed E-state index contributed by atoms with van der Waals surface area (Å²) < 4.78 is 0. The van der Waals surface area contributed by atoms with E-state index in [0.29, 0.717) is 50.7 Å². The Labute approximate surface area is 241 Å². The summed E-state index contributed by atoms with van der Waals surface area (Å²) in [6, 6.07) is 5.48. The van der Waals surface area contributed by atoms with Crippen LogP contribution in [0.25, 0.3) is 10.9 Å². The standard InChI is InChI=1S/C30H39N9O2/c1-4-15-31-28-22(20-33-30(36-28)35-24-13-14-25-23(19-24)21-34-37-25)10-6-5-7-16-32-29(41)26-11-8-18-39(26)27(40)12-9-17-38(2)3/h9,12-14,19-21,26H,4-5,7-8,11,15-18H2,1-3H3,(H,32,41)(H,34,37)(H2,31,33,35,36)/b12-9+/t26-/m0/s1. The summed E-state index contributed by atoms with van der Waals surface area (Å²) in [7, 11) is 3.89. The van der Waals surface area contributed by atoms with E-state index in [2.05, 4.69) is 54.9 Å². The first kappa shape index (κ1) is 29.6. The fraction of sp³-hybridized carbons (Fsp3) is 0.433. The number of nitrogens with one attached hydrogen (secondary N) is 4. The SMILES string of the molecule is CCCNc1nc(Nc2ccc3[nH]ncc3c2)ncc1C#CCCCNC(=O)[C@@H]1CCCN1C(=O)/C=C/CN(C)C. The summed E-state index contributed by atoms with van der Waals surface area (Å²) in [6.07, 6.45) is 10.7. The number of hydrogen-bond donors (Lipinski definition) is 4. The molecule has 0 radical (unpaired) electrons. The molecule has 0 aliphatic carbocycles. The van der Waals surface area contributed by atoms with Gasteiger partial charge in [0.05, 0.1) is 23.5 Å². The quantitative estimate of drug-likeness (QED) is 0.152. The first-order valence-electron chi connectivity index (χ1n) is 14.1. The second-order valence-electron chi connectivity index (χ2n) is 10.2. The number of rotatable bonds is 12. The number of benzene rings is 1. The third-order valence-electron chi connectivity index (χ3n) is 6.60. The second-order valence-corrected chi connectivity index (χ2v) is 10.2. The molecule has 1 aliphatic rings. The summed E-state index contributed by atoms with van der Waals surface area (Å²) in [5.41, 5.74) is 2.55. The zero-order valence-electron chi connectivity index (χ0n) is 24.0. The Hall–Kier alpha value is -4.43. The molecule has 0 spiro atoms. The molecule has 0 saturated carbocycles. The molecule has 4 N–H and O–H groups in total. The van der Waals surface area contributed by atoms with E-state index in [0.717, 1.165) is 41.5 Å². The number of nitrogens with zero attached hydrogens (tertiary/aromatic N) is 5. The summed E-state index contributed by atoms with van der Waals surface area (Å²) in [6.45, 7) is 4.66. The molecule has 2 amide bonds. The molecular weight excluding hydrogens is 518 g/mol. The zero-order valence-corrected chi connectivity index (χ0v) is 24.0. The average Bonchev–Trinajstić information content (AvgIpc) is 3.64. The monoisotopic (exact) mass is 557 g/mol. The van der Waals surface area contributed by atoms with Gasteiger partial charge < -0.3 is 25.8 Å². The highest BCUT2D eigenvalue weighted by Crippen LogP contribution is 2.21. The lowest BCUT2D eigenvalue weighted by Gasteiger charge is -2.22. The van der Waals surface area contributed by atoms with Gasteiger partial charge >= 0.3 is 0 Å². The van der Waals surface area contributed by atoms with Gasteiger partial charge in [-0.2, -0.15) is 10.1 Å². The predicted octanol–water partition coefficient (Wildman–Crippen LogP) is 3.28. The van der Waals surface area contributed by atoms with Gasteiger partial charge in [0.25, 0.3) is 0 Å². The van der Waals surface area contributed by atoms with Crippen LogP contribution in [0.5, 0.6) is 0 Å². The Morgan fingerprint density at radius 1 is 1.24 bits per heavy atom. The van der Waals surface area contributed by atoms with Crippen molar-refractivity contribution in [3.8, 4) is 11.8 Å². The molecule has 11 heteroatoms. The number of aromatic amines is 1. The average molecular weight is 558 g/mol. The van der Waals surface area contributed by atoms with Crippen LogP contribution in [0.4, 0.5) is 17.5 Å². The van der Waals surface area contributed by atoms with Crippen molar-refractivity contribution in [3.05, 3.63) is 48.3 Å². The topological polar surface area (TPSA) is 131 Å². The van der Waals surface area contributed by atoms with Crippen LogP contribution in [-0.4, -0.2) is 88.1 Å². The molecule has 216 valence electrons. The number of anilines is 3. The Kier molecular flexibility index (Phi) is 10.7. The van der Waals surface area contributed by atoms with Crippen LogP contribution >= 0.6 is 0 Å². The fourth-order valence-electron chi connectivity index (χ4n) is 4.49. The number of amides is 2. The van der Waals surface area contributed by atoms with Crippen molar-refractivity contribution < 1.29 is 9.59 Å². The number of hydrogen-bond acceptors (Lipinski definition) is 8. The smallest absolute Gasteiger partial charge is 0.246 e. The normalized spacial score (nSPS) is 14.8. The summed E-state index contributed by atoms with van der Waals surface area (Å²) in [5.74, 6) is 7.31. The Morgan fingerprint density at radius 3 is 2.95 bits per heavy atom. The van der Waals surface area contributed by atoms with E-state index in [4.69, 9.17) is 0 Å². The highest BCUT2D eigenvalue weighted by molar-refractivity contribution is 5.93. The third kappa shape index (κ3) is 8.53. The van der Waals surface area contributed by atoms with E-state index in [-0.39, 0.29) is 11.8 Å². The van der Waals surface area contributed by atoms with Gasteiger partial charge in [-0.15, -0.1) is 0 Å². The first-order valence-corrected chi connectivity index (χ1v) is 14.1. The number of carbonyl (C=O) groups excluding carboxylic acids is 2. The minimum Gasteiger partial charge on any atom is -0.369 e. The maximum Gasteiger partial charge on any atom is 0.246 e. The van der Waals surface area contributed by atoms with Crippen LogP contribution in [0.2, 0.25) is 0 Å². The van der Waals surface area contributed by atoms with Crippen molar-refractivity contribution in [2.24, 2.45) is 0 Å². The van der Waals surface area contributed by atoms with Gasteiger partial charge in [0.1, 0.15) is 11.9 Å². The molecule has 3 heterocycles. The van der Waals surface area contributed by atoms with Crippen molar-refractivity contribution >= 4 is 40.2 Å². The van der Waals surface area contributed by atoms with Gasteiger partial charge in [0, 0.05) is 49.7 Å². The molecule has 0 bridgehead atoms. The van der Waals surface area contributed by atoms with Crippen molar-refractivity contribution in [3.63, 3.8) is 0 Å². The zero-order chi connectivity index (χ0) is 29.0.